The summed E-state index contributed by atoms with van der Waals surface area (Å²) in [5.41, 5.74) is 0. The van der Waals surface area contributed by atoms with Crippen LogP contribution in [0.2, 0.25) is 0 Å². The molecule has 0 aromatic carbocycles. The summed E-state index contributed by atoms with van der Waals surface area (Å²) < 4.78 is 0. The molecule has 1 saturated heterocycles. The Kier molecular flexibility index (Phi) is 4.31. The molecular weight excluding hydrogens is 260 g/mol. The summed E-state index contributed by atoms with van der Waals surface area (Å²) in [5, 5.41) is 3.67. The van der Waals surface area contributed by atoms with Gasteiger partial charge in [-0.25, -0.2) is 0 Å². The van der Waals surface area contributed by atoms with Gasteiger partial charge in [-0.15, -0.1) is 0 Å². The fourth-order valence-electron chi connectivity index (χ4n) is 4.93. The fourth-order valence-corrected chi connectivity index (χ4v) is 4.93. The van der Waals surface area contributed by atoms with E-state index in [2.05, 4.69) is 37.9 Å². The zero-order valence-electron chi connectivity index (χ0n) is 14.1. The maximum atomic E-state index is 13.0. The quantitative estimate of drug-likeness (QED) is 0.842. The van der Waals surface area contributed by atoms with Crippen LogP contribution in [0.3, 0.4) is 0 Å². The van der Waals surface area contributed by atoms with E-state index in [1.54, 1.807) is 0 Å². The minimum Gasteiger partial charge on any atom is -0.323 e. The number of carbonyl (C=O) groups is 1. The molecule has 2 saturated carbocycles. The van der Waals surface area contributed by atoms with E-state index in [0.717, 1.165) is 24.7 Å². The van der Waals surface area contributed by atoms with Crippen molar-refractivity contribution in [2.45, 2.75) is 84.5 Å². The number of nitrogens with zero attached hydrogens (tertiary/aromatic N) is 1. The topological polar surface area (TPSA) is 32.3 Å². The highest BCUT2D eigenvalue weighted by Gasteiger charge is 2.49. The van der Waals surface area contributed by atoms with Crippen LogP contribution >= 0.6 is 0 Å². The number of amides is 1. The highest BCUT2D eigenvalue weighted by molar-refractivity contribution is 5.84. The summed E-state index contributed by atoms with van der Waals surface area (Å²) in [6.07, 6.45) is 7.74. The summed E-state index contributed by atoms with van der Waals surface area (Å²) >= 11 is 0. The van der Waals surface area contributed by atoms with Crippen molar-refractivity contribution in [2.24, 2.45) is 23.7 Å². The van der Waals surface area contributed by atoms with Crippen molar-refractivity contribution >= 4 is 5.91 Å². The maximum absolute atomic E-state index is 13.0. The Morgan fingerprint density at radius 3 is 2.33 bits per heavy atom. The van der Waals surface area contributed by atoms with Crippen LogP contribution in [0.25, 0.3) is 0 Å². The zero-order valence-corrected chi connectivity index (χ0v) is 14.1. The van der Waals surface area contributed by atoms with E-state index < -0.39 is 0 Å². The van der Waals surface area contributed by atoms with Gasteiger partial charge in [-0.3, -0.25) is 10.1 Å². The van der Waals surface area contributed by atoms with Gasteiger partial charge in [0.25, 0.3) is 0 Å². The van der Waals surface area contributed by atoms with Crippen molar-refractivity contribution in [1.29, 1.82) is 0 Å². The van der Waals surface area contributed by atoms with E-state index in [-0.39, 0.29) is 12.2 Å². The Bertz CT molecular complexity index is 393. The van der Waals surface area contributed by atoms with Gasteiger partial charge in [0.15, 0.2) is 0 Å². The van der Waals surface area contributed by atoms with Crippen molar-refractivity contribution in [2.75, 3.05) is 0 Å². The van der Waals surface area contributed by atoms with Crippen molar-refractivity contribution in [3.05, 3.63) is 0 Å². The Labute approximate surface area is 129 Å². The molecule has 3 aliphatic rings. The van der Waals surface area contributed by atoms with Crippen LogP contribution in [0.15, 0.2) is 0 Å². The predicted octanol–water partition coefficient (Wildman–Crippen LogP) is 3.39. The SMILES string of the molecule is CC(C)CC1NC(CC(C)C)N(C2CC3CCC2C3)C1=O. The van der Waals surface area contributed by atoms with E-state index in [0.29, 0.717) is 23.8 Å². The number of rotatable bonds is 5. The van der Waals surface area contributed by atoms with Crippen LogP contribution in [0, 0.1) is 23.7 Å². The average molecular weight is 292 g/mol. The van der Waals surface area contributed by atoms with E-state index in [1.165, 1.54) is 25.7 Å². The Hall–Kier alpha value is -0.570. The van der Waals surface area contributed by atoms with Crippen LogP contribution in [0.5, 0.6) is 0 Å². The Morgan fingerprint density at radius 2 is 1.81 bits per heavy atom. The van der Waals surface area contributed by atoms with Gasteiger partial charge < -0.3 is 4.90 Å². The van der Waals surface area contributed by atoms with E-state index in [9.17, 15) is 4.79 Å². The minimum atomic E-state index is 0.0628. The van der Waals surface area contributed by atoms with E-state index >= 15 is 0 Å². The molecule has 1 amide bonds. The first-order valence-corrected chi connectivity index (χ1v) is 9.04. The lowest BCUT2D eigenvalue weighted by Gasteiger charge is -2.36. The Morgan fingerprint density at radius 1 is 1.10 bits per heavy atom. The van der Waals surface area contributed by atoms with Crippen molar-refractivity contribution < 1.29 is 4.79 Å². The molecule has 0 radical (unpaired) electrons. The fraction of sp³-hybridized carbons (Fsp3) is 0.944. The first kappa shape index (κ1) is 15.3. The lowest BCUT2D eigenvalue weighted by atomic mass is 9.93. The summed E-state index contributed by atoms with van der Waals surface area (Å²) in [5.74, 6) is 3.29. The third-order valence-corrected chi connectivity index (χ3v) is 5.74. The molecule has 1 aliphatic heterocycles. The molecule has 21 heavy (non-hydrogen) atoms. The Balaban J connectivity index is 1.75. The molecule has 5 unspecified atom stereocenters. The summed E-state index contributed by atoms with van der Waals surface area (Å²) in [6.45, 7) is 8.96. The van der Waals surface area contributed by atoms with Crippen LogP contribution in [0.4, 0.5) is 0 Å². The highest BCUT2D eigenvalue weighted by Crippen LogP contribution is 2.48. The van der Waals surface area contributed by atoms with Gasteiger partial charge in [0.1, 0.15) is 0 Å². The molecule has 5 atom stereocenters. The first-order valence-electron chi connectivity index (χ1n) is 9.04. The van der Waals surface area contributed by atoms with E-state index in [4.69, 9.17) is 0 Å². The molecule has 3 nitrogen and oxygen atoms in total. The second kappa shape index (κ2) is 5.91. The van der Waals surface area contributed by atoms with Crippen molar-refractivity contribution in [3.63, 3.8) is 0 Å². The van der Waals surface area contributed by atoms with Gasteiger partial charge >= 0.3 is 0 Å². The minimum absolute atomic E-state index is 0.0628. The molecule has 120 valence electrons. The normalized spacial score (nSPS) is 39.2. The largest absolute Gasteiger partial charge is 0.323 e. The molecule has 1 heterocycles. The van der Waals surface area contributed by atoms with Gasteiger partial charge in [-0.1, -0.05) is 34.1 Å². The zero-order chi connectivity index (χ0) is 15.1. The molecule has 0 aromatic heterocycles. The standard InChI is InChI=1S/C18H32N2O/c1-11(2)7-15-18(21)20(17(19-15)8-12(3)4)16-10-13-5-6-14(16)9-13/h11-17,19H,5-10H2,1-4H3. The molecule has 3 fully saturated rings. The van der Waals surface area contributed by atoms with Gasteiger partial charge in [0, 0.05) is 6.04 Å². The van der Waals surface area contributed by atoms with Crippen molar-refractivity contribution in [3.8, 4) is 0 Å². The molecule has 2 bridgehead atoms. The number of carbonyl (C=O) groups excluding carboxylic acids is 1. The van der Waals surface area contributed by atoms with Crippen molar-refractivity contribution in [1.82, 2.24) is 10.2 Å². The third-order valence-electron chi connectivity index (χ3n) is 5.74. The smallest absolute Gasteiger partial charge is 0.241 e. The lowest BCUT2D eigenvalue weighted by molar-refractivity contribution is -0.133. The second-order valence-corrected chi connectivity index (χ2v) is 8.48. The number of fused-ring (bicyclic) bond motifs is 2. The van der Waals surface area contributed by atoms with Crippen LogP contribution in [-0.4, -0.2) is 29.1 Å². The number of hydrogen-bond donors (Lipinski definition) is 1. The van der Waals surface area contributed by atoms with Gasteiger partial charge in [-0.05, 0) is 55.8 Å². The molecule has 2 aliphatic carbocycles. The monoisotopic (exact) mass is 292 g/mol. The van der Waals surface area contributed by atoms with Crippen LogP contribution in [-0.2, 0) is 4.79 Å². The lowest BCUT2D eigenvalue weighted by Crippen LogP contribution is -2.47. The second-order valence-electron chi connectivity index (χ2n) is 8.48. The highest BCUT2D eigenvalue weighted by atomic mass is 16.2. The summed E-state index contributed by atoms with van der Waals surface area (Å²) in [4.78, 5) is 15.2. The van der Waals surface area contributed by atoms with E-state index in [1.807, 2.05) is 0 Å². The first-order chi connectivity index (χ1) is 9.95. The van der Waals surface area contributed by atoms with Crippen LogP contribution < -0.4 is 5.32 Å². The van der Waals surface area contributed by atoms with Gasteiger partial charge in [0.05, 0.1) is 12.2 Å². The van der Waals surface area contributed by atoms with Gasteiger partial charge in [0.2, 0.25) is 5.91 Å². The summed E-state index contributed by atoms with van der Waals surface area (Å²) in [7, 11) is 0. The molecule has 0 spiro atoms. The molecule has 1 N–H and O–H groups in total. The predicted molar refractivity (Wildman–Crippen MR) is 85.7 cm³/mol. The molecular formula is C18H32N2O. The summed E-state index contributed by atoms with van der Waals surface area (Å²) in [6, 6.07) is 0.595. The molecule has 3 heteroatoms. The van der Waals surface area contributed by atoms with Gasteiger partial charge in [-0.2, -0.15) is 0 Å². The van der Waals surface area contributed by atoms with Crippen LogP contribution in [0.1, 0.15) is 66.2 Å². The number of hydrogen-bond acceptors (Lipinski definition) is 2. The molecule has 3 rings (SSSR count). The maximum Gasteiger partial charge on any atom is 0.241 e. The average Bonchev–Trinajstić information content (AvgIpc) is 3.04. The number of nitrogens with one attached hydrogen (secondary N) is 1. The molecule has 0 aromatic rings. The third kappa shape index (κ3) is 2.99.